The number of Topliss-reactive ketones (excluding diaryl/α,β-unsaturated/α-hetero) is 1. The van der Waals surface area contributed by atoms with E-state index in [1.54, 1.807) is 62.8 Å². The van der Waals surface area contributed by atoms with Crippen molar-refractivity contribution in [3.05, 3.63) is 94.6 Å². The summed E-state index contributed by atoms with van der Waals surface area (Å²) in [5.41, 5.74) is 3.22. The highest BCUT2D eigenvalue weighted by Crippen LogP contribution is 2.40. The fraction of sp³-hybridized carbons (Fsp3) is 0.241. The number of nitrogens with zero attached hydrogens (tertiary/aromatic N) is 1. The summed E-state index contributed by atoms with van der Waals surface area (Å²) >= 11 is 0. The molecule has 7 heteroatoms. The molecule has 0 aliphatic carbocycles. The first kappa shape index (κ1) is 24.9. The van der Waals surface area contributed by atoms with Crippen LogP contribution in [0.3, 0.4) is 0 Å². The van der Waals surface area contributed by atoms with E-state index in [2.05, 4.69) is 0 Å². The molecule has 1 aliphatic heterocycles. The van der Waals surface area contributed by atoms with Gasteiger partial charge in [0, 0.05) is 5.56 Å². The number of carbonyl (C=O) groups excluding carboxylic acids is 2. The van der Waals surface area contributed by atoms with Crippen LogP contribution in [0.5, 0.6) is 17.2 Å². The van der Waals surface area contributed by atoms with E-state index < -0.39 is 17.7 Å². The predicted molar refractivity (Wildman–Crippen MR) is 136 cm³/mol. The summed E-state index contributed by atoms with van der Waals surface area (Å²) in [7, 11) is 3.14. The number of carbonyl (C=O) groups is 2. The number of ether oxygens (including phenoxy) is 3. The Labute approximate surface area is 210 Å². The van der Waals surface area contributed by atoms with Gasteiger partial charge in [-0.05, 0) is 73.0 Å². The number of likely N-dealkylation sites (tertiary alicyclic amines) is 1. The summed E-state index contributed by atoms with van der Waals surface area (Å²) in [5.74, 6) is 0.272. The quantitative estimate of drug-likeness (QED) is 0.279. The molecule has 0 saturated carbocycles. The number of benzene rings is 3. The third-order valence-corrected chi connectivity index (χ3v) is 6.39. The van der Waals surface area contributed by atoms with E-state index in [1.165, 1.54) is 4.90 Å². The number of aliphatic hydroxyl groups excluding tert-OH is 1. The Bertz CT molecular complexity index is 1310. The van der Waals surface area contributed by atoms with Gasteiger partial charge in [-0.25, -0.2) is 0 Å². The van der Waals surface area contributed by atoms with Crippen molar-refractivity contribution < 1.29 is 28.9 Å². The molecule has 36 heavy (non-hydrogen) atoms. The second kappa shape index (κ2) is 10.6. The van der Waals surface area contributed by atoms with Gasteiger partial charge in [0.15, 0.2) is 0 Å². The second-order valence-corrected chi connectivity index (χ2v) is 8.59. The molecule has 186 valence electrons. The Morgan fingerprint density at radius 1 is 0.861 bits per heavy atom. The minimum atomic E-state index is -0.791. The first-order chi connectivity index (χ1) is 17.3. The molecule has 0 bridgehead atoms. The zero-order chi connectivity index (χ0) is 25.8. The normalized spacial score (nSPS) is 16.8. The molecule has 1 unspecified atom stereocenters. The van der Waals surface area contributed by atoms with Gasteiger partial charge in [0.05, 0.1) is 32.4 Å². The highest BCUT2D eigenvalue weighted by Gasteiger charge is 2.46. The highest BCUT2D eigenvalue weighted by atomic mass is 16.5. The van der Waals surface area contributed by atoms with Crippen LogP contribution in [0.4, 0.5) is 0 Å². The lowest BCUT2D eigenvalue weighted by atomic mass is 9.94. The zero-order valence-corrected chi connectivity index (χ0v) is 20.8. The van der Waals surface area contributed by atoms with Crippen molar-refractivity contribution in [2.45, 2.75) is 19.9 Å². The van der Waals surface area contributed by atoms with Crippen molar-refractivity contribution >= 4 is 17.4 Å². The Hall–Kier alpha value is -4.26. The molecule has 1 heterocycles. The van der Waals surface area contributed by atoms with Crippen LogP contribution in [-0.4, -0.2) is 49.1 Å². The molecule has 1 saturated heterocycles. The van der Waals surface area contributed by atoms with E-state index in [0.29, 0.717) is 28.4 Å². The maximum absolute atomic E-state index is 13.2. The molecular formula is C29H29NO6. The number of aryl methyl sites for hydroxylation is 2. The van der Waals surface area contributed by atoms with E-state index in [9.17, 15) is 14.7 Å². The standard InChI is InChI=1S/C29H29NO6/c1-18-8-9-21(16-19(18)2)27(31)25-26(20-6-5-7-24(17-20)35-4)30(29(33)28(25)32)14-15-36-23-12-10-22(34-3)11-13-23/h5-13,16-17,26,31H,14-15H2,1-4H3/b27-25-. The van der Waals surface area contributed by atoms with Crippen LogP contribution in [0.2, 0.25) is 0 Å². The Morgan fingerprint density at radius 2 is 1.56 bits per heavy atom. The third kappa shape index (κ3) is 4.91. The van der Waals surface area contributed by atoms with Gasteiger partial charge in [-0.1, -0.05) is 24.3 Å². The van der Waals surface area contributed by atoms with Gasteiger partial charge < -0.3 is 24.2 Å². The lowest BCUT2D eigenvalue weighted by molar-refractivity contribution is -0.140. The number of amides is 1. The molecule has 1 amide bonds. The average molecular weight is 488 g/mol. The van der Waals surface area contributed by atoms with Gasteiger partial charge in [-0.3, -0.25) is 9.59 Å². The molecule has 1 aliphatic rings. The second-order valence-electron chi connectivity index (χ2n) is 8.59. The third-order valence-electron chi connectivity index (χ3n) is 6.39. The summed E-state index contributed by atoms with van der Waals surface area (Å²) in [6, 6.07) is 18.9. The van der Waals surface area contributed by atoms with Crippen molar-refractivity contribution in [1.82, 2.24) is 4.90 Å². The topological polar surface area (TPSA) is 85.3 Å². The SMILES string of the molecule is COc1ccc(OCCN2C(=O)C(=O)/C(=C(\O)c3ccc(C)c(C)c3)C2c2cccc(OC)c2)cc1. The van der Waals surface area contributed by atoms with Crippen LogP contribution in [0.15, 0.2) is 72.3 Å². The van der Waals surface area contributed by atoms with Crippen molar-refractivity contribution in [2.75, 3.05) is 27.4 Å². The fourth-order valence-corrected chi connectivity index (χ4v) is 4.25. The molecule has 0 radical (unpaired) electrons. The van der Waals surface area contributed by atoms with Crippen molar-refractivity contribution in [3.8, 4) is 17.2 Å². The summed E-state index contributed by atoms with van der Waals surface area (Å²) in [6.45, 7) is 4.20. The monoisotopic (exact) mass is 487 g/mol. The molecule has 0 aromatic heterocycles. The average Bonchev–Trinajstić information content (AvgIpc) is 3.15. The van der Waals surface area contributed by atoms with Crippen LogP contribution in [0, 0.1) is 13.8 Å². The smallest absolute Gasteiger partial charge is 0.295 e. The number of methoxy groups -OCH3 is 2. The van der Waals surface area contributed by atoms with Crippen molar-refractivity contribution in [1.29, 1.82) is 0 Å². The van der Waals surface area contributed by atoms with Crippen LogP contribution < -0.4 is 14.2 Å². The number of hydrogen-bond donors (Lipinski definition) is 1. The van der Waals surface area contributed by atoms with Gasteiger partial charge in [0.2, 0.25) is 0 Å². The Balaban J connectivity index is 1.70. The molecule has 3 aromatic carbocycles. The first-order valence-electron chi connectivity index (χ1n) is 11.6. The van der Waals surface area contributed by atoms with Crippen molar-refractivity contribution in [3.63, 3.8) is 0 Å². The van der Waals surface area contributed by atoms with E-state index in [4.69, 9.17) is 14.2 Å². The molecule has 1 atom stereocenters. The van der Waals surface area contributed by atoms with Crippen LogP contribution in [0.1, 0.15) is 28.3 Å². The summed E-state index contributed by atoms with van der Waals surface area (Å²) < 4.78 is 16.4. The Morgan fingerprint density at radius 3 is 2.22 bits per heavy atom. The van der Waals surface area contributed by atoms with Gasteiger partial charge in [0.1, 0.15) is 29.6 Å². The van der Waals surface area contributed by atoms with Crippen LogP contribution in [0.25, 0.3) is 5.76 Å². The lowest BCUT2D eigenvalue weighted by Crippen LogP contribution is -2.33. The van der Waals surface area contributed by atoms with Crippen LogP contribution in [-0.2, 0) is 9.59 Å². The maximum Gasteiger partial charge on any atom is 0.295 e. The molecule has 4 rings (SSSR count). The molecule has 1 fully saturated rings. The summed E-state index contributed by atoms with van der Waals surface area (Å²) in [6.07, 6.45) is 0. The molecule has 3 aromatic rings. The zero-order valence-electron chi connectivity index (χ0n) is 20.8. The fourth-order valence-electron chi connectivity index (χ4n) is 4.25. The largest absolute Gasteiger partial charge is 0.507 e. The minimum Gasteiger partial charge on any atom is -0.507 e. The molecule has 0 spiro atoms. The van der Waals surface area contributed by atoms with E-state index in [0.717, 1.165) is 11.1 Å². The van der Waals surface area contributed by atoms with E-state index in [1.807, 2.05) is 32.0 Å². The van der Waals surface area contributed by atoms with Gasteiger partial charge in [0.25, 0.3) is 11.7 Å². The maximum atomic E-state index is 13.2. The summed E-state index contributed by atoms with van der Waals surface area (Å²) in [5, 5.41) is 11.3. The molecule has 7 nitrogen and oxygen atoms in total. The lowest BCUT2D eigenvalue weighted by Gasteiger charge is -2.25. The van der Waals surface area contributed by atoms with E-state index >= 15 is 0 Å². The van der Waals surface area contributed by atoms with E-state index in [-0.39, 0.29) is 24.5 Å². The van der Waals surface area contributed by atoms with Gasteiger partial charge in [-0.15, -0.1) is 0 Å². The highest BCUT2D eigenvalue weighted by molar-refractivity contribution is 6.46. The van der Waals surface area contributed by atoms with Gasteiger partial charge in [-0.2, -0.15) is 0 Å². The minimum absolute atomic E-state index is 0.0425. The molecule has 1 N–H and O–H groups in total. The molecular weight excluding hydrogens is 458 g/mol. The number of hydrogen-bond acceptors (Lipinski definition) is 6. The van der Waals surface area contributed by atoms with Crippen LogP contribution >= 0.6 is 0 Å². The number of rotatable bonds is 8. The van der Waals surface area contributed by atoms with Gasteiger partial charge >= 0.3 is 0 Å². The number of aliphatic hydroxyl groups is 1. The summed E-state index contributed by atoms with van der Waals surface area (Å²) in [4.78, 5) is 27.8. The first-order valence-corrected chi connectivity index (χ1v) is 11.6. The Kier molecular flexibility index (Phi) is 7.29. The number of ketones is 1. The van der Waals surface area contributed by atoms with Crippen molar-refractivity contribution in [2.24, 2.45) is 0 Å². The predicted octanol–water partition coefficient (Wildman–Crippen LogP) is 4.82.